The van der Waals surface area contributed by atoms with E-state index in [1.165, 1.54) is 10.4 Å². The van der Waals surface area contributed by atoms with Gasteiger partial charge < -0.3 is 9.47 Å². The molecule has 0 aliphatic carbocycles. The highest BCUT2D eigenvalue weighted by molar-refractivity contribution is 7.89. The van der Waals surface area contributed by atoms with E-state index in [-0.39, 0.29) is 16.0 Å². The van der Waals surface area contributed by atoms with Crippen molar-refractivity contribution in [2.24, 2.45) is 0 Å². The van der Waals surface area contributed by atoms with Crippen LogP contribution in [0.25, 0.3) is 0 Å². The first-order chi connectivity index (χ1) is 17.3. The van der Waals surface area contributed by atoms with Gasteiger partial charge in [-0.05, 0) is 53.6 Å². The molecule has 6 nitrogen and oxygen atoms in total. The lowest BCUT2D eigenvalue weighted by atomic mass is 10.1. The van der Waals surface area contributed by atoms with Gasteiger partial charge in [-0.25, -0.2) is 12.8 Å². The van der Waals surface area contributed by atoms with Crippen LogP contribution < -0.4 is 4.74 Å². The minimum Gasteiger partial charge on any atom is -0.497 e. The van der Waals surface area contributed by atoms with E-state index in [0.29, 0.717) is 44.4 Å². The monoisotopic (exact) mass is 552 g/mol. The van der Waals surface area contributed by atoms with Crippen LogP contribution in [-0.2, 0) is 21.4 Å². The molecule has 4 rings (SSSR count). The highest BCUT2D eigenvalue weighted by atomic mass is 35.5. The molecule has 3 aromatic carbocycles. The lowest BCUT2D eigenvalue weighted by molar-refractivity contribution is 0.00767. The molecule has 1 atom stereocenters. The summed E-state index contributed by atoms with van der Waals surface area (Å²) in [7, 11) is -2.14. The van der Waals surface area contributed by atoms with Gasteiger partial charge in [-0.2, -0.15) is 4.31 Å². The Morgan fingerprint density at radius 3 is 2.36 bits per heavy atom. The SMILES string of the molecule is COc1cccc(COC(CN2CCN(S(=O)(=O)c3ccc(F)c(Cl)c3)CC2)c2ccc(Cl)cc2)c1. The average Bonchev–Trinajstić information content (AvgIpc) is 2.89. The molecule has 0 radical (unpaired) electrons. The summed E-state index contributed by atoms with van der Waals surface area (Å²) >= 11 is 11.9. The largest absolute Gasteiger partial charge is 0.497 e. The molecule has 1 aliphatic heterocycles. The Morgan fingerprint density at radius 2 is 1.69 bits per heavy atom. The summed E-state index contributed by atoms with van der Waals surface area (Å²) in [6, 6.07) is 18.7. The van der Waals surface area contributed by atoms with E-state index in [4.69, 9.17) is 32.7 Å². The van der Waals surface area contributed by atoms with E-state index in [2.05, 4.69) is 4.90 Å². The molecule has 0 aromatic heterocycles. The maximum absolute atomic E-state index is 13.5. The van der Waals surface area contributed by atoms with Crippen molar-refractivity contribution in [1.82, 2.24) is 9.21 Å². The van der Waals surface area contributed by atoms with Gasteiger partial charge >= 0.3 is 0 Å². The van der Waals surface area contributed by atoms with Gasteiger partial charge in [-0.15, -0.1) is 0 Å². The highest BCUT2D eigenvalue weighted by Gasteiger charge is 2.30. The molecule has 0 N–H and O–H groups in total. The van der Waals surface area contributed by atoms with Crippen molar-refractivity contribution in [2.75, 3.05) is 39.8 Å². The van der Waals surface area contributed by atoms with Crippen molar-refractivity contribution < 1.29 is 22.3 Å². The molecule has 10 heteroatoms. The first-order valence-corrected chi connectivity index (χ1v) is 13.6. The molecule has 192 valence electrons. The summed E-state index contributed by atoms with van der Waals surface area (Å²) in [5.41, 5.74) is 1.97. The summed E-state index contributed by atoms with van der Waals surface area (Å²) in [6.45, 7) is 2.65. The molecule has 1 unspecified atom stereocenters. The summed E-state index contributed by atoms with van der Waals surface area (Å²) in [5, 5.41) is 0.429. The third-order valence-electron chi connectivity index (χ3n) is 6.11. The highest BCUT2D eigenvalue weighted by Crippen LogP contribution is 2.26. The maximum Gasteiger partial charge on any atom is 0.243 e. The molecule has 0 saturated carbocycles. The van der Waals surface area contributed by atoms with Gasteiger partial charge in [0.15, 0.2) is 0 Å². The van der Waals surface area contributed by atoms with Crippen LogP contribution in [0.4, 0.5) is 4.39 Å². The fraction of sp³-hybridized carbons (Fsp3) is 0.308. The molecule has 1 saturated heterocycles. The summed E-state index contributed by atoms with van der Waals surface area (Å²) in [5.74, 6) is 0.113. The zero-order valence-corrected chi connectivity index (χ0v) is 22.1. The summed E-state index contributed by atoms with van der Waals surface area (Å²) < 4.78 is 52.6. The van der Waals surface area contributed by atoms with Crippen molar-refractivity contribution in [3.8, 4) is 5.75 Å². The quantitative estimate of drug-likeness (QED) is 0.355. The second kappa shape index (κ2) is 11.9. The van der Waals surface area contributed by atoms with Gasteiger partial charge in [0.05, 0.1) is 29.7 Å². The number of piperazine rings is 1. The molecule has 0 amide bonds. The van der Waals surface area contributed by atoms with Crippen LogP contribution in [-0.4, -0.2) is 57.5 Å². The molecule has 3 aromatic rings. The maximum atomic E-state index is 13.5. The zero-order valence-electron chi connectivity index (χ0n) is 19.7. The van der Waals surface area contributed by atoms with Crippen molar-refractivity contribution in [1.29, 1.82) is 0 Å². The Bertz CT molecular complexity index is 1280. The fourth-order valence-corrected chi connectivity index (χ4v) is 5.88. The molecule has 36 heavy (non-hydrogen) atoms. The summed E-state index contributed by atoms with van der Waals surface area (Å²) in [4.78, 5) is 2.16. The van der Waals surface area contributed by atoms with Gasteiger partial charge in [-0.1, -0.05) is 47.5 Å². The molecule has 1 heterocycles. The van der Waals surface area contributed by atoms with Crippen molar-refractivity contribution >= 4 is 33.2 Å². The van der Waals surface area contributed by atoms with E-state index in [9.17, 15) is 12.8 Å². The molecule has 1 fully saturated rings. The van der Waals surface area contributed by atoms with Crippen LogP contribution in [0, 0.1) is 5.82 Å². The number of nitrogens with zero attached hydrogens (tertiary/aromatic N) is 2. The normalized spacial score (nSPS) is 16.1. The van der Waals surface area contributed by atoms with Gasteiger partial charge in [0.1, 0.15) is 11.6 Å². The Labute approximate surface area is 221 Å². The van der Waals surface area contributed by atoms with Crippen LogP contribution in [0.5, 0.6) is 5.75 Å². The third kappa shape index (κ3) is 6.56. The molecule has 0 bridgehead atoms. The standard InChI is InChI=1S/C26H27Cl2FN2O4S/c1-34-22-4-2-3-19(15-22)18-35-26(20-5-7-21(27)8-6-20)17-30-11-13-31(14-12-30)36(32,33)23-9-10-25(29)24(28)16-23/h2-10,15-16,26H,11-14,17-18H2,1H3. The van der Waals surface area contributed by atoms with Crippen LogP contribution in [0.3, 0.4) is 0 Å². The van der Waals surface area contributed by atoms with Crippen molar-refractivity contribution in [3.05, 3.63) is 93.7 Å². The Kier molecular flexibility index (Phi) is 8.87. The summed E-state index contributed by atoms with van der Waals surface area (Å²) in [6.07, 6.45) is -0.243. The smallest absolute Gasteiger partial charge is 0.243 e. The van der Waals surface area contributed by atoms with Crippen molar-refractivity contribution in [2.45, 2.75) is 17.6 Å². The lowest BCUT2D eigenvalue weighted by Crippen LogP contribution is -2.49. The molecule has 1 aliphatic rings. The number of sulfonamides is 1. The first-order valence-electron chi connectivity index (χ1n) is 11.4. The average molecular weight is 553 g/mol. The lowest BCUT2D eigenvalue weighted by Gasteiger charge is -2.36. The van der Waals surface area contributed by atoms with Gasteiger partial charge in [-0.3, -0.25) is 4.90 Å². The van der Waals surface area contributed by atoms with E-state index in [0.717, 1.165) is 29.0 Å². The number of rotatable bonds is 9. The fourth-order valence-electron chi connectivity index (χ4n) is 4.06. The first kappa shape index (κ1) is 26.9. The van der Waals surface area contributed by atoms with E-state index in [1.54, 1.807) is 7.11 Å². The minimum atomic E-state index is -3.77. The molecule has 0 spiro atoms. The predicted octanol–water partition coefficient (Wildman–Crippen LogP) is 5.41. The van der Waals surface area contributed by atoms with Gasteiger partial charge in [0.2, 0.25) is 10.0 Å². The molecular formula is C26H27Cl2FN2O4S. The predicted molar refractivity (Wildman–Crippen MR) is 139 cm³/mol. The van der Waals surface area contributed by atoms with Crippen molar-refractivity contribution in [3.63, 3.8) is 0 Å². The zero-order chi connectivity index (χ0) is 25.7. The Hall–Kier alpha value is -2.20. The molecular weight excluding hydrogens is 526 g/mol. The van der Waals surface area contributed by atoms with Gasteiger partial charge in [0.25, 0.3) is 0 Å². The number of methoxy groups -OCH3 is 1. The Morgan fingerprint density at radius 1 is 0.972 bits per heavy atom. The van der Waals surface area contributed by atoms with Crippen LogP contribution in [0.15, 0.2) is 71.6 Å². The number of halogens is 3. The third-order valence-corrected chi connectivity index (χ3v) is 8.55. The van der Waals surface area contributed by atoms with Gasteiger partial charge in [0, 0.05) is 37.7 Å². The topological polar surface area (TPSA) is 59.1 Å². The number of hydrogen-bond donors (Lipinski definition) is 0. The van der Waals surface area contributed by atoms with E-state index < -0.39 is 15.8 Å². The minimum absolute atomic E-state index is 0.0111. The van der Waals surface area contributed by atoms with E-state index in [1.807, 2.05) is 48.5 Å². The Balaban J connectivity index is 1.42. The number of benzene rings is 3. The van der Waals surface area contributed by atoms with Crippen LogP contribution in [0.2, 0.25) is 10.0 Å². The van der Waals surface area contributed by atoms with Crippen LogP contribution in [0.1, 0.15) is 17.2 Å². The van der Waals surface area contributed by atoms with E-state index >= 15 is 0 Å². The number of ether oxygens (including phenoxy) is 2. The number of hydrogen-bond acceptors (Lipinski definition) is 5. The van der Waals surface area contributed by atoms with Crippen LogP contribution >= 0.6 is 23.2 Å². The second-order valence-corrected chi connectivity index (χ2v) is 11.3. The second-order valence-electron chi connectivity index (χ2n) is 8.48.